The molecule has 0 radical (unpaired) electrons. The largest absolute Gasteiger partial charge is 0.349 e. The van der Waals surface area contributed by atoms with E-state index in [0.717, 1.165) is 17.7 Å². The van der Waals surface area contributed by atoms with Crippen molar-refractivity contribution in [3.05, 3.63) is 17.0 Å². The molecule has 1 saturated heterocycles. The number of nitrogens with one attached hydrogen (secondary N) is 1. The molecule has 1 aliphatic heterocycles. The number of carbonyl (C=O) groups excluding carboxylic acids is 1. The first kappa shape index (κ1) is 21.6. The third-order valence-corrected chi connectivity index (χ3v) is 8.71. The van der Waals surface area contributed by atoms with E-state index >= 15 is 0 Å². The summed E-state index contributed by atoms with van der Waals surface area (Å²) in [6.07, 6.45) is 3.60. The lowest BCUT2D eigenvalue weighted by Gasteiger charge is -2.35. The topological polar surface area (TPSA) is 92.5 Å². The molecule has 0 bridgehead atoms. The van der Waals surface area contributed by atoms with Crippen LogP contribution in [-0.2, 0) is 14.8 Å². The van der Waals surface area contributed by atoms with Crippen molar-refractivity contribution in [2.75, 3.05) is 19.6 Å². The molecule has 1 amide bonds. The van der Waals surface area contributed by atoms with Crippen LogP contribution in [0.3, 0.4) is 0 Å². The summed E-state index contributed by atoms with van der Waals surface area (Å²) in [5, 5.41) is 3.11. The Bertz CT molecular complexity index is 748. The molecule has 2 unspecified atom stereocenters. The molecule has 148 valence electrons. The first-order chi connectivity index (χ1) is 11.8. The van der Waals surface area contributed by atoms with Crippen LogP contribution in [-0.4, -0.2) is 43.8 Å². The van der Waals surface area contributed by atoms with Crippen molar-refractivity contribution in [3.8, 4) is 0 Å². The average Bonchev–Trinajstić information content (AvgIpc) is 3.36. The van der Waals surface area contributed by atoms with Gasteiger partial charge in [-0.25, -0.2) is 8.42 Å². The predicted octanol–water partition coefficient (Wildman–Crippen LogP) is 2.12. The predicted molar refractivity (Wildman–Crippen MR) is 106 cm³/mol. The first-order valence-corrected chi connectivity index (χ1v) is 11.1. The molecule has 2 heterocycles. The van der Waals surface area contributed by atoms with Crippen LogP contribution in [0.15, 0.2) is 16.3 Å². The normalized spacial score (nSPS) is 23.7. The van der Waals surface area contributed by atoms with Crippen LogP contribution in [0.5, 0.6) is 0 Å². The minimum absolute atomic E-state index is 0. The molecule has 26 heavy (non-hydrogen) atoms. The SMILES string of the molecule is Cc1ccc(S(=O)(=O)N2CCCC(C(=O)NC(C)(CN)C3CC3)C2)s1.Cl. The second-order valence-electron chi connectivity index (χ2n) is 7.45. The van der Waals surface area contributed by atoms with Crippen molar-refractivity contribution in [1.82, 2.24) is 9.62 Å². The molecule has 2 aliphatic rings. The number of sulfonamides is 1. The second kappa shape index (κ2) is 8.14. The highest BCUT2D eigenvalue weighted by molar-refractivity contribution is 7.91. The summed E-state index contributed by atoms with van der Waals surface area (Å²) in [5.74, 6) is 0.0651. The summed E-state index contributed by atoms with van der Waals surface area (Å²) in [6.45, 7) is 5.01. The first-order valence-electron chi connectivity index (χ1n) is 8.85. The number of nitrogens with zero attached hydrogens (tertiary/aromatic N) is 1. The minimum atomic E-state index is -3.51. The molecular formula is C17H28ClN3O3S2. The van der Waals surface area contributed by atoms with E-state index in [-0.39, 0.29) is 36.3 Å². The van der Waals surface area contributed by atoms with E-state index in [0.29, 0.717) is 36.1 Å². The van der Waals surface area contributed by atoms with Crippen LogP contribution in [0.1, 0.15) is 37.5 Å². The second-order valence-corrected chi connectivity index (χ2v) is 10.9. The van der Waals surface area contributed by atoms with E-state index in [9.17, 15) is 13.2 Å². The molecule has 9 heteroatoms. The van der Waals surface area contributed by atoms with Crippen molar-refractivity contribution < 1.29 is 13.2 Å². The van der Waals surface area contributed by atoms with Gasteiger partial charge in [0, 0.05) is 24.5 Å². The van der Waals surface area contributed by atoms with Gasteiger partial charge in [-0.2, -0.15) is 4.31 Å². The average molecular weight is 422 g/mol. The maximum atomic E-state index is 12.8. The van der Waals surface area contributed by atoms with Gasteiger partial charge in [0.25, 0.3) is 10.0 Å². The lowest BCUT2D eigenvalue weighted by Crippen LogP contribution is -2.56. The Balaban J connectivity index is 0.00000243. The lowest BCUT2D eigenvalue weighted by molar-refractivity contribution is -0.128. The number of hydrogen-bond donors (Lipinski definition) is 2. The highest BCUT2D eigenvalue weighted by Gasteiger charge is 2.43. The van der Waals surface area contributed by atoms with Crippen LogP contribution in [0.2, 0.25) is 0 Å². The third-order valence-electron chi connectivity index (χ3n) is 5.38. The summed E-state index contributed by atoms with van der Waals surface area (Å²) < 4.78 is 27.4. The molecule has 1 aromatic heterocycles. The lowest BCUT2D eigenvalue weighted by atomic mass is 9.92. The van der Waals surface area contributed by atoms with E-state index in [2.05, 4.69) is 5.32 Å². The molecule has 1 aromatic rings. The number of halogens is 1. The van der Waals surface area contributed by atoms with Gasteiger partial charge in [0.15, 0.2) is 0 Å². The fourth-order valence-electron chi connectivity index (χ4n) is 3.48. The fourth-order valence-corrected chi connectivity index (χ4v) is 6.44. The van der Waals surface area contributed by atoms with Gasteiger partial charge in [0.05, 0.1) is 11.5 Å². The van der Waals surface area contributed by atoms with Gasteiger partial charge in [-0.05, 0) is 57.6 Å². The molecule has 0 aromatic carbocycles. The smallest absolute Gasteiger partial charge is 0.252 e. The van der Waals surface area contributed by atoms with Crippen molar-refractivity contribution in [2.45, 2.75) is 49.3 Å². The highest BCUT2D eigenvalue weighted by atomic mass is 35.5. The van der Waals surface area contributed by atoms with Crippen LogP contribution < -0.4 is 11.1 Å². The van der Waals surface area contributed by atoms with Crippen molar-refractivity contribution in [1.29, 1.82) is 0 Å². The number of carbonyl (C=O) groups is 1. The van der Waals surface area contributed by atoms with Gasteiger partial charge in [-0.3, -0.25) is 4.79 Å². The fraction of sp³-hybridized carbons (Fsp3) is 0.706. The molecule has 2 atom stereocenters. The van der Waals surface area contributed by atoms with Gasteiger partial charge in [-0.1, -0.05) is 0 Å². The summed E-state index contributed by atoms with van der Waals surface area (Å²) in [5.41, 5.74) is 5.51. The zero-order valence-corrected chi connectivity index (χ0v) is 17.7. The highest BCUT2D eigenvalue weighted by Crippen LogP contribution is 2.39. The molecule has 1 saturated carbocycles. The summed E-state index contributed by atoms with van der Waals surface area (Å²) in [7, 11) is -3.51. The molecule has 6 nitrogen and oxygen atoms in total. The van der Waals surface area contributed by atoms with Crippen molar-refractivity contribution in [3.63, 3.8) is 0 Å². The zero-order valence-electron chi connectivity index (χ0n) is 15.2. The Morgan fingerprint density at radius 3 is 2.62 bits per heavy atom. The number of thiophene rings is 1. The number of aryl methyl sites for hydroxylation is 1. The number of nitrogens with two attached hydrogens (primary N) is 1. The van der Waals surface area contributed by atoms with Crippen LogP contribution >= 0.6 is 23.7 Å². The van der Waals surface area contributed by atoms with E-state index < -0.39 is 10.0 Å². The Morgan fingerprint density at radius 2 is 2.08 bits per heavy atom. The van der Waals surface area contributed by atoms with Gasteiger partial charge < -0.3 is 11.1 Å². The van der Waals surface area contributed by atoms with E-state index in [1.54, 1.807) is 6.07 Å². The zero-order chi connectivity index (χ0) is 18.2. The standard InChI is InChI=1S/C17H27N3O3S2.ClH/c1-12-5-8-15(24-12)25(22,23)20-9-3-4-13(10-20)16(21)19-17(2,11-18)14-6-7-14;/h5,8,13-14H,3-4,6-7,9-11,18H2,1-2H3,(H,19,21);1H. The van der Waals surface area contributed by atoms with Gasteiger partial charge in [-0.15, -0.1) is 23.7 Å². The number of rotatable bonds is 6. The molecule has 3 rings (SSSR count). The maximum Gasteiger partial charge on any atom is 0.252 e. The third kappa shape index (κ3) is 4.42. The monoisotopic (exact) mass is 421 g/mol. The van der Waals surface area contributed by atoms with E-state index in [1.165, 1.54) is 15.6 Å². The molecular weight excluding hydrogens is 394 g/mol. The van der Waals surface area contributed by atoms with Gasteiger partial charge in [0.1, 0.15) is 4.21 Å². The van der Waals surface area contributed by atoms with Crippen LogP contribution in [0.25, 0.3) is 0 Å². The summed E-state index contributed by atoms with van der Waals surface area (Å²) in [4.78, 5) is 13.7. The number of hydrogen-bond acceptors (Lipinski definition) is 5. The van der Waals surface area contributed by atoms with Gasteiger partial charge in [0.2, 0.25) is 5.91 Å². The van der Waals surface area contributed by atoms with E-state index in [4.69, 9.17) is 5.73 Å². The van der Waals surface area contributed by atoms with E-state index in [1.807, 2.05) is 19.9 Å². The summed E-state index contributed by atoms with van der Waals surface area (Å²) in [6, 6.07) is 3.46. The Hall–Kier alpha value is -0.670. The summed E-state index contributed by atoms with van der Waals surface area (Å²) >= 11 is 1.28. The Morgan fingerprint density at radius 1 is 1.38 bits per heavy atom. The Kier molecular flexibility index (Phi) is 6.77. The molecule has 2 fully saturated rings. The van der Waals surface area contributed by atoms with Crippen molar-refractivity contribution in [2.24, 2.45) is 17.6 Å². The molecule has 3 N–H and O–H groups in total. The maximum absolute atomic E-state index is 12.8. The molecule has 0 spiro atoms. The van der Waals surface area contributed by atoms with Crippen LogP contribution in [0, 0.1) is 18.8 Å². The minimum Gasteiger partial charge on any atom is -0.349 e. The molecule has 1 aliphatic carbocycles. The number of piperidine rings is 1. The van der Waals surface area contributed by atoms with Gasteiger partial charge >= 0.3 is 0 Å². The van der Waals surface area contributed by atoms with Crippen LogP contribution in [0.4, 0.5) is 0 Å². The van der Waals surface area contributed by atoms with Crippen molar-refractivity contribution >= 4 is 39.7 Å². The number of amides is 1. The quantitative estimate of drug-likeness (QED) is 0.735. The Labute approximate surface area is 166 Å².